The van der Waals surface area contributed by atoms with Gasteiger partial charge in [-0.2, -0.15) is 5.26 Å². The van der Waals surface area contributed by atoms with E-state index in [9.17, 15) is 0 Å². The maximum Gasteiger partial charge on any atom is 0.174 e. The molecule has 2 rings (SSSR count). The molecule has 0 aliphatic carbocycles. The number of nitrogens with zero attached hydrogens (tertiary/aromatic N) is 1. The molecule has 2 aromatic carbocycles. The van der Waals surface area contributed by atoms with Gasteiger partial charge in [0.15, 0.2) is 6.61 Å². The van der Waals surface area contributed by atoms with Crippen LogP contribution in [0.5, 0.6) is 5.75 Å². The Morgan fingerprint density at radius 3 is 2.45 bits per heavy atom. The van der Waals surface area contributed by atoms with Gasteiger partial charge in [-0.15, -0.1) is 0 Å². The van der Waals surface area contributed by atoms with Crippen molar-refractivity contribution in [3.8, 4) is 11.8 Å². The lowest BCUT2D eigenvalue weighted by molar-refractivity contribution is 0.368. The number of ether oxygens (including phenoxy) is 1. The Hall–Kier alpha value is -2.47. The summed E-state index contributed by atoms with van der Waals surface area (Å²) in [6, 6.07) is 16.1. The molecular formula is C17H18N2O. The van der Waals surface area contributed by atoms with Crippen molar-refractivity contribution in [3.63, 3.8) is 0 Å². The van der Waals surface area contributed by atoms with Gasteiger partial charge in [0.1, 0.15) is 11.8 Å². The summed E-state index contributed by atoms with van der Waals surface area (Å²) in [5, 5.41) is 11.8. The Morgan fingerprint density at radius 1 is 1.05 bits per heavy atom. The van der Waals surface area contributed by atoms with E-state index in [1.807, 2.05) is 30.3 Å². The predicted molar refractivity (Wildman–Crippen MR) is 80.8 cm³/mol. The van der Waals surface area contributed by atoms with E-state index in [1.165, 1.54) is 16.7 Å². The quantitative estimate of drug-likeness (QED) is 0.894. The molecule has 0 aliphatic rings. The maximum absolute atomic E-state index is 8.45. The monoisotopic (exact) mass is 266 g/mol. The highest BCUT2D eigenvalue weighted by Gasteiger charge is 1.98. The van der Waals surface area contributed by atoms with Crippen LogP contribution in [0.15, 0.2) is 42.5 Å². The van der Waals surface area contributed by atoms with Crippen molar-refractivity contribution in [1.29, 1.82) is 5.26 Å². The number of hydrogen-bond donors (Lipinski definition) is 1. The number of nitrogens with one attached hydrogen (secondary N) is 1. The van der Waals surface area contributed by atoms with E-state index < -0.39 is 0 Å². The Bertz CT molecular complexity index is 612. The lowest BCUT2D eigenvalue weighted by Crippen LogP contribution is -2.00. The summed E-state index contributed by atoms with van der Waals surface area (Å²) in [4.78, 5) is 0. The van der Waals surface area contributed by atoms with E-state index in [0.717, 1.165) is 18.0 Å². The number of aryl methyl sites for hydroxylation is 2. The SMILES string of the molecule is Cc1ccc(NCc2ccc(OCC#N)cc2)cc1C. The third-order valence-corrected chi connectivity index (χ3v) is 3.23. The smallest absolute Gasteiger partial charge is 0.174 e. The van der Waals surface area contributed by atoms with Crippen molar-refractivity contribution in [2.75, 3.05) is 11.9 Å². The van der Waals surface area contributed by atoms with Crippen molar-refractivity contribution in [1.82, 2.24) is 0 Å². The molecule has 20 heavy (non-hydrogen) atoms. The second kappa shape index (κ2) is 6.63. The summed E-state index contributed by atoms with van der Waals surface area (Å²) >= 11 is 0. The molecule has 0 atom stereocenters. The molecule has 0 saturated carbocycles. The van der Waals surface area contributed by atoms with Gasteiger partial charge < -0.3 is 10.1 Å². The number of nitriles is 1. The van der Waals surface area contributed by atoms with Crippen LogP contribution in [0.4, 0.5) is 5.69 Å². The highest BCUT2D eigenvalue weighted by Crippen LogP contribution is 2.16. The van der Waals surface area contributed by atoms with Gasteiger partial charge in [-0.3, -0.25) is 0 Å². The topological polar surface area (TPSA) is 45.0 Å². The first-order valence-corrected chi connectivity index (χ1v) is 6.59. The lowest BCUT2D eigenvalue weighted by Gasteiger charge is -2.09. The van der Waals surface area contributed by atoms with Crippen LogP contribution in [0.25, 0.3) is 0 Å². The average Bonchev–Trinajstić information content (AvgIpc) is 2.47. The van der Waals surface area contributed by atoms with Gasteiger partial charge >= 0.3 is 0 Å². The Balaban J connectivity index is 1.93. The van der Waals surface area contributed by atoms with Crippen molar-refractivity contribution in [2.24, 2.45) is 0 Å². The molecule has 0 bridgehead atoms. The fourth-order valence-electron chi connectivity index (χ4n) is 1.87. The fraction of sp³-hybridized carbons (Fsp3) is 0.235. The average molecular weight is 266 g/mol. The van der Waals surface area contributed by atoms with Crippen molar-refractivity contribution in [2.45, 2.75) is 20.4 Å². The van der Waals surface area contributed by atoms with Crippen LogP contribution in [-0.4, -0.2) is 6.61 Å². The zero-order chi connectivity index (χ0) is 14.4. The Morgan fingerprint density at radius 2 is 1.80 bits per heavy atom. The molecule has 102 valence electrons. The van der Waals surface area contributed by atoms with Crippen LogP contribution in [0.2, 0.25) is 0 Å². The molecule has 1 N–H and O–H groups in total. The minimum Gasteiger partial charge on any atom is -0.479 e. The Labute approximate surface area is 119 Å². The van der Waals surface area contributed by atoms with Gasteiger partial charge in [-0.1, -0.05) is 18.2 Å². The molecular weight excluding hydrogens is 248 g/mol. The van der Waals surface area contributed by atoms with Crippen LogP contribution in [-0.2, 0) is 6.54 Å². The van der Waals surface area contributed by atoms with E-state index in [-0.39, 0.29) is 6.61 Å². The summed E-state index contributed by atoms with van der Waals surface area (Å²) in [5.41, 5.74) is 4.88. The third-order valence-electron chi connectivity index (χ3n) is 3.23. The molecule has 0 spiro atoms. The zero-order valence-electron chi connectivity index (χ0n) is 11.8. The number of anilines is 1. The first-order chi connectivity index (χ1) is 9.69. The molecule has 2 aromatic rings. The van der Waals surface area contributed by atoms with Crippen LogP contribution in [0.3, 0.4) is 0 Å². The minimum atomic E-state index is 0.0836. The second-order valence-electron chi connectivity index (χ2n) is 4.74. The molecule has 0 amide bonds. The third kappa shape index (κ3) is 3.76. The van der Waals surface area contributed by atoms with Crippen LogP contribution in [0.1, 0.15) is 16.7 Å². The lowest BCUT2D eigenvalue weighted by atomic mass is 10.1. The summed E-state index contributed by atoms with van der Waals surface area (Å²) < 4.78 is 5.22. The standard InChI is InChI=1S/C17H18N2O/c1-13-3-6-16(11-14(13)2)19-12-15-4-7-17(8-5-15)20-10-9-18/h3-8,11,19H,10,12H2,1-2H3. The van der Waals surface area contributed by atoms with E-state index in [1.54, 1.807) is 0 Å². The Kier molecular flexibility index (Phi) is 4.62. The van der Waals surface area contributed by atoms with Gasteiger partial charge in [0.25, 0.3) is 0 Å². The molecule has 3 nitrogen and oxygen atoms in total. The first-order valence-electron chi connectivity index (χ1n) is 6.59. The molecule has 0 radical (unpaired) electrons. The van der Waals surface area contributed by atoms with Crippen molar-refractivity contribution < 1.29 is 4.74 Å². The van der Waals surface area contributed by atoms with E-state index in [2.05, 4.69) is 37.4 Å². The van der Waals surface area contributed by atoms with E-state index in [0.29, 0.717) is 0 Å². The van der Waals surface area contributed by atoms with Crippen molar-refractivity contribution >= 4 is 5.69 Å². The number of rotatable bonds is 5. The fourth-order valence-corrected chi connectivity index (χ4v) is 1.87. The molecule has 0 aliphatic heterocycles. The van der Waals surface area contributed by atoms with Gasteiger partial charge in [-0.05, 0) is 54.8 Å². The summed E-state index contributed by atoms with van der Waals surface area (Å²) in [7, 11) is 0. The summed E-state index contributed by atoms with van der Waals surface area (Å²) in [6.07, 6.45) is 0. The van der Waals surface area contributed by atoms with E-state index in [4.69, 9.17) is 10.00 Å². The van der Waals surface area contributed by atoms with Crippen molar-refractivity contribution in [3.05, 3.63) is 59.2 Å². The highest BCUT2D eigenvalue weighted by atomic mass is 16.5. The van der Waals surface area contributed by atoms with Crippen LogP contribution >= 0.6 is 0 Å². The van der Waals surface area contributed by atoms with Gasteiger partial charge in [0, 0.05) is 12.2 Å². The van der Waals surface area contributed by atoms with Crippen LogP contribution < -0.4 is 10.1 Å². The molecule has 0 saturated heterocycles. The normalized spacial score (nSPS) is 9.85. The minimum absolute atomic E-state index is 0.0836. The molecule has 0 heterocycles. The summed E-state index contributed by atoms with van der Waals surface area (Å²) in [5.74, 6) is 0.724. The molecule has 0 aromatic heterocycles. The number of benzene rings is 2. The highest BCUT2D eigenvalue weighted by molar-refractivity contribution is 5.48. The molecule has 0 unspecified atom stereocenters. The summed E-state index contributed by atoms with van der Waals surface area (Å²) in [6.45, 7) is 5.07. The molecule has 0 fully saturated rings. The van der Waals surface area contributed by atoms with Gasteiger partial charge in [0.2, 0.25) is 0 Å². The van der Waals surface area contributed by atoms with Gasteiger partial charge in [-0.25, -0.2) is 0 Å². The zero-order valence-corrected chi connectivity index (χ0v) is 11.8. The van der Waals surface area contributed by atoms with Gasteiger partial charge in [0.05, 0.1) is 0 Å². The second-order valence-corrected chi connectivity index (χ2v) is 4.74. The number of hydrogen-bond acceptors (Lipinski definition) is 3. The van der Waals surface area contributed by atoms with Crippen LogP contribution in [0, 0.1) is 25.2 Å². The molecule has 3 heteroatoms. The maximum atomic E-state index is 8.45. The predicted octanol–water partition coefficient (Wildman–Crippen LogP) is 3.82. The first kappa shape index (κ1) is 14.0. The largest absolute Gasteiger partial charge is 0.479 e. The van der Waals surface area contributed by atoms with E-state index >= 15 is 0 Å².